The van der Waals surface area contributed by atoms with Crippen LogP contribution in [-0.4, -0.2) is 5.78 Å². The minimum Gasteiger partial charge on any atom is -0.399 e. The van der Waals surface area contributed by atoms with Gasteiger partial charge in [0.15, 0.2) is 5.78 Å². The van der Waals surface area contributed by atoms with Crippen LogP contribution in [0.15, 0.2) is 31.8 Å². The van der Waals surface area contributed by atoms with Gasteiger partial charge in [0.05, 0.1) is 7.57 Å². The quantitative estimate of drug-likeness (QED) is 0.625. The molecule has 88 valence electrons. The molecule has 0 amide bonds. The van der Waals surface area contributed by atoms with E-state index in [1.165, 1.54) is 11.3 Å². The van der Waals surface area contributed by atoms with Gasteiger partial charge >= 0.3 is 0 Å². The molecule has 0 fully saturated rings. The van der Waals surface area contributed by atoms with Crippen LogP contribution in [0.25, 0.3) is 0 Å². The number of carbonyl (C=O) groups excluding carboxylic acids is 1. The molecule has 0 unspecified atom stereocenters. The van der Waals surface area contributed by atoms with Gasteiger partial charge in [0.1, 0.15) is 0 Å². The Hall–Kier alpha value is -0.650. The van der Waals surface area contributed by atoms with E-state index in [4.69, 9.17) is 5.73 Å². The molecule has 0 saturated carbocycles. The van der Waals surface area contributed by atoms with Crippen LogP contribution < -0.4 is 5.73 Å². The Balaban J connectivity index is 2.47. The molecule has 0 spiro atoms. The number of ketones is 1. The van der Waals surface area contributed by atoms with Crippen molar-refractivity contribution >= 4 is 54.7 Å². The maximum atomic E-state index is 12.3. The highest BCUT2D eigenvalue weighted by atomic mass is 79.9. The molecule has 2 nitrogen and oxygen atoms in total. The maximum absolute atomic E-state index is 12.3. The lowest BCUT2D eigenvalue weighted by atomic mass is 10.0. The molecule has 0 saturated heterocycles. The molecular formula is C12H9Br2NOS. The molecule has 2 aromatic rings. The van der Waals surface area contributed by atoms with Crippen LogP contribution >= 0.6 is 43.2 Å². The van der Waals surface area contributed by atoms with Gasteiger partial charge in [-0.05, 0) is 68.6 Å². The molecule has 0 atom stereocenters. The van der Waals surface area contributed by atoms with Gasteiger partial charge < -0.3 is 5.73 Å². The molecule has 2 N–H and O–H groups in total. The second-order valence-corrected chi connectivity index (χ2v) is 7.45. The Labute approximate surface area is 120 Å². The van der Waals surface area contributed by atoms with Crippen molar-refractivity contribution in [3.63, 3.8) is 0 Å². The predicted molar refractivity (Wildman–Crippen MR) is 78.7 cm³/mol. The average molecular weight is 375 g/mol. The lowest BCUT2D eigenvalue weighted by Gasteiger charge is -2.03. The van der Waals surface area contributed by atoms with Gasteiger partial charge in [0.2, 0.25) is 0 Å². The summed E-state index contributed by atoms with van der Waals surface area (Å²) in [5, 5.41) is 0. The Morgan fingerprint density at radius 3 is 2.47 bits per heavy atom. The van der Waals surface area contributed by atoms with Crippen molar-refractivity contribution in [3.8, 4) is 0 Å². The van der Waals surface area contributed by atoms with E-state index >= 15 is 0 Å². The topological polar surface area (TPSA) is 43.1 Å². The molecular weight excluding hydrogens is 366 g/mol. The van der Waals surface area contributed by atoms with E-state index in [1.54, 1.807) is 6.07 Å². The van der Waals surface area contributed by atoms with Crippen molar-refractivity contribution in [1.29, 1.82) is 0 Å². The summed E-state index contributed by atoms with van der Waals surface area (Å²) in [6.45, 7) is 1.92. The summed E-state index contributed by atoms with van der Waals surface area (Å²) in [5.41, 5.74) is 8.62. The monoisotopic (exact) mass is 373 g/mol. The van der Waals surface area contributed by atoms with Gasteiger partial charge in [-0.25, -0.2) is 0 Å². The molecule has 0 bridgehead atoms. The summed E-state index contributed by atoms with van der Waals surface area (Å²) in [6, 6.07) is 7.20. The van der Waals surface area contributed by atoms with Gasteiger partial charge in [0, 0.05) is 16.8 Å². The predicted octanol–water partition coefficient (Wildman–Crippen LogP) is 4.39. The third-order valence-corrected chi connectivity index (χ3v) is 4.60. The first-order valence-electron chi connectivity index (χ1n) is 4.84. The van der Waals surface area contributed by atoms with Gasteiger partial charge in [0.25, 0.3) is 0 Å². The third kappa shape index (κ3) is 2.78. The standard InChI is InChI=1S/C12H9Br2NOS/c1-6-2-7(4-8(15)3-6)11(16)9-5-10(13)17-12(9)14/h2-5H,15H2,1H3. The normalized spacial score (nSPS) is 10.5. The smallest absolute Gasteiger partial charge is 0.195 e. The molecule has 1 aromatic heterocycles. The largest absolute Gasteiger partial charge is 0.399 e. The third-order valence-electron chi connectivity index (χ3n) is 2.26. The summed E-state index contributed by atoms with van der Waals surface area (Å²) >= 11 is 8.23. The molecule has 0 aliphatic rings. The summed E-state index contributed by atoms with van der Waals surface area (Å²) in [6.07, 6.45) is 0. The van der Waals surface area contributed by atoms with E-state index in [-0.39, 0.29) is 5.78 Å². The van der Waals surface area contributed by atoms with Crippen LogP contribution in [0.3, 0.4) is 0 Å². The first-order chi connectivity index (χ1) is 7.97. The lowest BCUT2D eigenvalue weighted by Crippen LogP contribution is -2.02. The summed E-state index contributed by atoms with van der Waals surface area (Å²) in [5.74, 6) is -0.0192. The summed E-state index contributed by atoms with van der Waals surface area (Å²) in [7, 11) is 0. The van der Waals surface area contributed by atoms with Crippen molar-refractivity contribution in [3.05, 3.63) is 48.5 Å². The van der Waals surface area contributed by atoms with Crippen molar-refractivity contribution < 1.29 is 4.79 Å². The van der Waals surface area contributed by atoms with E-state index in [0.717, 1.165) is 13.1 Å². The second kappa shape index (κ2) is 4.92. The fourth-order valence-corrected chi connectivity index (χ4v) is 4.39. The number of benzene rings is 1. The van der Waals surface area contributed by atoms with Crippen LogP contribution in [0.2, 0.25) is 0 Å². The number of anilines is 1. The number of aryl methyl sites for hydroxylation is 1. The molecule has 0 aliphatic heterocycles. The number of hydrogen-bond acceptors (Lipinski definition) is 3. The first-order valence-corrected chi connectivity index (χ1v) is 7.24. The SMILES string of the molecule is Cc1cc(N)cc(C(=O)c2cc(Br)sc2Br)c1. The van der Waals surface area contributed by atoms with Crippen LogP contribution in [0.1, 0.15) is 21.5 Å². The highest BCUT2D eigenvalue weighted by molar-refractivity contribution is 9.12. The number of thiophene rings is 1. The lowest BCUT2D eigenvalue weighted by molar-refractivity contribution is 0.103. The van der Waals surface area contributed by atoms with E-state index in [0.29, 0.717) is 16.8 Å². The van der Waals surface area contributed by atoms with Crippen LogP contribution in [0, 0.1) is 6.92 Å². The Bertz CT molecular complexity index is 572. The van der Waals surface area contributed by atoms with Crippen LogP contribution in [-0.2, 0) is 0 Å². The molecule has 1 aromatic carbocycles. The minimum atomic E-state index is -0.0192. The first kappa shape index (κ1) is 12.8. The average Bonchev–Trinajstić information content (AvgIpc) is 2.55. The van der Waals surface area contributed by atoms with Crippen molar-refractivity contribution in [2.75, 3.05) is 5.73 Å². The minimum absolute atomic E-state index is 0.0192. The Kier molecular flexibility index (Phi) is 3.70. The number of hydrogen-bond donors (Lipinski definition) is 1. The van der Waals surface area contributed by atoms with Crippen LogP contribution in [0.5, 0.6) is 0 Å². The van der Waals surface area contributed by atoms with Gasteiger partial charge in [-0.1, -0.05) is 0 Å². The van der Waals surface area contributed by atoms with Gasteiger partial charge in [-0.3, -0.25) is 4.79 Å². The van der Waals surface area contributed by atoms with E-state index < -0.39 is 0 Å². The Morgan fingerprint density at radius 2 is 1.94 bits per heavy atom. The van der Waals surface area contributed by atoms with Crippen molar-refractivity contribution in [1.82, 2.24) is 0 Å². The number of nitrogens with two attached hydrogens (primary N) is 1. The van der Waals surface area contributed by atoms with Crippen molar-refractivity contribution in [2.24, 2.45) is 0 Å². The second-order valence-electron chi connectivity index (χ2n) is 3.70. The number of nitrogen functional groups attached to an aromatic ring is 1. The highest BCUT2D eigenvalue weighted by Gasteiger charge is 2.16. The van der Waals surface area contributed by atoms with E-state index in [1.807, 2.05) is 25.1 Å². The van der Waals surface area contributed by atoms with Gasteiger partial charge in [-0.2, -0.15) is 0 Å². The molecule has 0 aliphatic carbocycles. The summed E-state index contributed by atoms with van der Waals surface area (Å²) in [4.78, 5) is 12.3. The van der Waals surface area contributed by atoms with Gasteiger partial charge in [-0.15, -0.1) is 11.3 Å². The zero-order valence-corrected chi connectivity index (χ0v) is 12.9. The molecule has 0 radical (unpaired) electrons. The summed E-state index contributed by atoms with van der Waals surface area (Å²) < 4.78 is 1.75. The maximum Gasteiger partial charge on any atom is 0.195 e. The molecule has 17 heavy (non-hydrogen) atoms. The molecule has 5 heteroatoms. The van der Waals surface area contributed by atoms with E-state index in [2.05, 4.69) is 31.9 Å². The zero-order valence-electron chi connectivity index (χ0n) is 8.96. The number of halogens is 2. The highest BCUT2D eigenvalue weighted by Crippen LogP contribution is 2.33. The Morgan fingerprint density at radius 1 is 1.24 bits per heavy atom. The number of carbonyl (C=O) groups is 1. The van der Waals surface area contributed by atoms with Crippen LogP contribution in [0.4, 0.5) is 5.69 Å². The fraction of sp³-hybridized carbons (Fsp3) is 0.0833. The van der Waals surface area contributed by atoms with Crippen molar-refractivity contribution in [2.45, 2.75) is 6.92 Å². The van der Waals surface area contributed by atoms with E-state index in [9.17, 15) is 4.79 Å². The molecule has 2 rings (SSSR count). The fourth-order valence-electron chi connectivity index (χ4n) is 1.59. The zero-order chi connectivity index (χ0) is 12.6. The number of rotatable bonds is 2. The molecule has 1 heterocycles.